The third-order valence-electron chi connectivity index (χ3n) is 1.50. The molecule has 0 rings (SSSR count). The van der Waals surface area contributed by atoms with E-state index in [9.17, 15) is 4.79 Å². The number of hydrogen-bond donors (Lipinski definition) is 1. The highest BCUT2D eigenvalue weighted by Crippen LogP contribution is 2.12. The van der Waals surface area contributed by atoms with Gasteiger partial charge in [-0.15, -0.1) is 0 Å². The smallest absolute Gasteiger partial charge is 0.404 e. The Morgan fingerprint density at radius 2 is 2.09 bits per heavy atom. The molecule has 4 heteroatoms. The number of ether oxygens (including phenoxy) is 2. The minimum Gasteiger partial charge on any atom is -0.450 e. The Balaban J connectivity index is 3.45. The Labute approximate surface area is 66.7 Å². The lowest BCUT2D eigenvalue weighted by Crippen LogP contribution is -2.26. The van der Waals surface area contributed by atoms with Crippen molar-refractivity contribution in [2.45, 2.75) is 25.9 Å². The largest absolute Gasteiger partial charge is 0.450 e. The minimum atomic E-state index is -0.739. The van der Waals surface area contributed by atoms with E-state index >= 15 is 0 Å². The van der Waals surface area contributed by atoms with Crippen LogP contribution in [0.1, 0.15) is 20.3 Å². The molecule has 0 aromatic rings. The topological polar surface area (TPSA) is 61.6 Å². The van der Waals surface area contributed by atoms with Gasteiger partial charge in [0.2, 0.25) is 0 Å². The fraction of sp³-hybridized carbons (Fsp3) is 0.857. The predicted molar refractivity (Wildman–Crippen MR) is 41.2 cm³/mol. The van der Waals surface area contributed by atoms with E-state index in [4.69, 9.17) is 10.5 Å². The molecule has 1 amide bonds. The van der Waals surface area contributed by atoms with Crippen molar-refractivity contribution in [3.05, 3.63) is 0 Å². The van der Waals surface area contributed by atoms with Crippen LogP contribution in [-0.4, -0.2) is 25.4 Å². The van der Waals surface area contributed by atoms with Crippen molar-refractivity contribution < 1.29 is 14.3 Å². The third kappa shape index (κ3) is 5.66. The number of hydrogen-bond acceptors (Lipinski definition) is 3. The Bertz CT molecular complexity index is 134. The average molecular weight is 161 g/mol. The van der Waals surface area contributed by atoms with Gasteiger partial charge in [0.25, 0.3) is 0 Å². The second-order valence-corrected chi connectivity index (χ2v) is 2.88. The number of carbonyl (C=O) groups excluding carboxylic acids is 1. The molecule has 0 bridgehead atoms. The zero-order chi connectivity index (χ0) is 8.91. The fourth-order valence-electron chi connectivity index (χ4n) is 0.499. The molecule has 0 aliphatic rings. The van der Waals surface area contributed by atoms with Crippen LogP contribution in [0.2, 0.25) is 0 Å². The van der Waals surface area contributed by atoms with Crippen LogP contribution in [0.3, 0.4) is 0 Å². The second-order valence-electron chi connectivity index (χ2n) is 2.88. The van der Waals surface area contributed by atoms with Gasteiger partial charge in [-0.05, 0) is 13.8 Å². The van der Waals surface area contributed by atoms with Crippen LogP contribution in [0, 0.1) is 0 Å². The van der Waals surface area contributed by atoms with Crippen molar-refractivity contribution in [2.75, 3.05) is 13.7 Å². The van der Waals surface area contributed by atoms with Crippen molar-refractivity contribution in [1.29, 1.82) is 0 Å². The number of carbonyl (C=O) groups is 1. The summed E-state index contributed by atoms with van der Waals surface area (Å²) in [6.45, 7) is 4.13. The fourth-order valence-corrected chi connectivity index (χ4v) is 0.499. The SMILES string of the molecule is COC(C)(C)CCOC(N)=O. The first-order valence-electron chi connectivity index (χ1n) is 3.45. The van der Waals surface area contributed by atoms with Gasteiger partial charge in [0, 0.05) is 13.5 Å². The van der Waals surface area contributed by atoms with E-state index < -0.39 is 6.09 Å². The van der Waals surface area contributed by atoms with Gasteiger partial charge in [-0.3, -0.25) is 0 Å². The molecule has 0 saturated carbocycles. The van der Waals surface area contributed by atoms with Gasteiger partial charge in [0.15, 0.2) is 0 Å². The quantitative estimate of drug-likeness (QED) is 0.666. The molecule has 4 nitrogen and oxygen atoms in total. The number of methoxy groups -OCH3 is 1. The van der Waals surface area contributed by atoms with Crippen LogP contribution < -0.4 is 5.73 Å². The highest BCUT2D eigenvalue weighted by Gasteiger charge is 2.16. The summed E-state index contributed by atoms with van der Waals surface area (Å²) in [7, 11) is 1.62. The summed E-state index contributed by atoms with van der Waals surface area (Å²) in [6, 6.07) is 0. The molecule has 0 heterocycles. The van der Waals surface area contributed by atoms with Gasteiger partial charge >= 0.3 is 6.09 Å². The lowest BCUT2D eigenvalue weighted by molar-refractivity contribution is 0.000910. The van der Waals surface area contributed by atoms with Gasteiger partial charge < -0.3 is 15.2 Å². The molecule has 0 aromatic heterocycles. The molecule has 66 valence electrons. The number of nitrogens with two attached hydrogens (primary N) is 1. The van der Waals surface area contributed by atoms with Crippen molar-refractivity contribution in [3.63, 3.8) is 0 Å². The van der Waals surface area contributed by atoms with Crippen LogP contribution in [0.15, 0.2) is 0 Å². The molecule has 0 aromatic carbocycles. The standard InChI is InChI=1S/C7H15NO3/c1-7(2,10-3)4-5-11-6(8)9/h4-5H2,1-3H3,(H2,8,9). The van der Waals surface area contributed by atoms with Crippen LogP contribution in [0.5, 0.6) is 0 Å². The Morgan fingerprint density at radius 3 is 2.45 bits per heavy atom. The zero-order valence-corrected chi connectivity index (χ0v) is 7.22. The van der Waals surface area contributed by atoms with Crippen LogP contribution in [-0.2, 0) is 9.47 Å². The predicted octanol–water partition coefficient (Wildman–Crippen LogP) is 0.897. The van der Waals surface area contributed by atoms with E-state index in [1.165, 1.54) is 0 Å². The first-order valence-corrected chi connectivity index (χ1v) is 3.45. The lowest BCUT2D eigenvalue weighted by atomic mass is 10.1. The normalized spacial score (nSPS) is 11.2. The van der Waals surface area contributed by atoms with Crippen molar-refractivity contribution in [1.82, 2.24) is 0 Å². The van der Waals surface area contributed by atoms with Gasteiger partial charge in [-0.1, -0.05) is 0 Å². The maximum Gasteiger partial charge on any atom is 0.404 e. The molecule has 0 saturated heterocycles. The first-order chi connectivity index (χ1) is 4.98. The molecule has 0 spiro atoms. The summed E-state index contributed by atoms with van der Waals surface area (Å²) in [5.74, 6) is 0. The maximum atomic E-state index is 10.1. The van der Waals surface area contributed by atoms with E-state index in [0.717, 1.165) is 0 Å². The highest BCUT2D eigenvalue weighted by molar-refractivity contribution is 5.64. The van der Waals surface area contributed by atoms with E-state index in [2.05, 4.69) is 4.74 Å². The molecule has 0 atom stereocenters. The molecule has 0 aliphatic carbocycles. The van der Waals surface area contributed by atoms with Gasteiger partial charge in [-0.2, -0.15) is 0 Å². The molecule has 0 fully saturated rings. The van der Waals surface area contributed by atoms with E-state index in [0.29, 0.717) is 13.0 Å². The maximum absolute atomic E-state index is 10.1. The molecule has 11 heavy (non-hydrogen) atoms. The minimum absolute atomic E-state index is 0.255. The number of primary amides is 1. The average Bonchev–Trinajstić information content (AvgIpc) is 1.87. The molecular weight excluding hydrogens is 146 g/mol. The number of amides is 1. The summed E-state index contributed by atoms with van der Waals surface area (Å²) in [5, 5.41) is 0. The second kappa shape index (κ2) is 4.18. The van der Waals surface area contributed by atoms with Crippen molar-refractivity contribution in [3.8, 4) is 0 Å². The van der Waals surface area contributed by atoms with Crippen molar-refractivity contribution >= 4 is 6.09 Å². The van der Waals surface area contributed by atoms with Crippen LogP contribution >= 0.6 is 0 Å². The third-order valence-corrected chi connectivity index (χ3v) is 1.50. The van der Waals surface area contributed by atoms with Crippen LogP contribution in [0.4, 0.5) is 4.79 Å². The molecule has 0 unspecified atom stereocenters. The van der Waals surface area contributed by atoms with Gasteiger partial charge in [-0.25, -0.2) is 4.79 Å². The monoisotopic (exact) mass is 161 g/mol. The summed E-state index contributed by atoms with van der Waals surface area (Å²) < 4.78 is 9.63. The molecular formula is C7H15NO3. The van der Waals surface area contributed by atoms with Crippen molar-refractivity contribution in [2.24, 2.45) is 5.73 Å². The van der Waals surface area contributed by atoms with Gasteiger partial charge in [0.1, 0.15) is 0 Å². The Kier molecular flexibility index (Phi) is 3.89. The molecule has 0 radical (unpaired) electrons. The highest BCUT2D eigenvalue weighted by atomic mass is 16.5. The zero-order valence-electron chi connectivity index (χ0n) is 7.22. The first kappa shape index (κ1) is 10.2. The van der Waals surface area contributed by atoms with Gasteiger partial charge in [0.05, 0.1) is 12.2 Å². The van der Waals surface area contributed by atoms with E-state index in [1.807, 2.05) is 13.8 Å². The molecule has 0 aliphatic heterocycles. The summed E-state index contributed by atoms with van der Waals surface area (Å²) in [6.07, 6.45) is -0.0937. The Hall–Kier alpha value is -0.770. The molecule has 2 N–H and O–H groups in total. The Morgan fingerprint density at radius 1 is 1.55 bits per heavy atom. The lowest BCUT2D eigenvalue weighted by Gasteiger charge is -2.21. The summed E-state index contributed by atoms with van der Waals surface area (Å²) in [4.78, 5) is 10.1. The van der Waals surface area contributed by atoms with E-state index in [-0.39, 0.29) is 5.60 Å². The van der Waals surface area contributed by atoms with Crippen LogP contribution in [0.25, 0.3) is 0 Å². The summed E-state index contributed by atoms with van der Waals surface area (Å²) >= 11 is 0. The van der Waals surface area contributed by atoms with E-state index in [1.54, 1.807) is 7.11 Å². The summed E-state index contributed by atoms with van der Waals surface area (Å²) in [5.41, 5.74) is 4.51. The number of rotatable bonds is 4.